The number of carbonyl (C=O) groups is 3. The Morgan fingerprint density at radius 1 is 0.516 bits per heavy atom. The Morgan fingerprint density at radius 3 is 0.806 bits per heavy atom. The Kier molecular flexibility index (Phi) is 32.6. The SMILES string of the molecule is CCCCC(CC)C(=O)[O-].CCCCC(CC)C(=O)[O-].CCCCC(CC)C(=O)[O-].[Rh+3]. The maximum Gasteiger partial charge on any atom is 3.00 e. The summed E-state index contributed by atoms with van der Waals surface area (Å²) < 4.78 is 0. The standard InChI is InChI=1S/3C8H16O2.Rh/c3*1-3-5-6-7(4-2)8(9)10;/h3*7H,3-6H2,1-2H3,(H,9,10);/q;;;+3/p-3. The van der Waals surface area contributed by atoms with Crippen LogP contribution in [0.3, 0.4) is 0 Å². The number of aliphatic carboxylic acids is 3. The molecule has 0 heterocycles. The molecule has 3 atom stereocenters. The van der Waals surface area contributed by atoms with Gasteiger partial charge in [-0.15, -0.1) is 0 Å². The Bertz CT molecular complexity index is 366. The molecule has 0 N–H and O–H groups in total. The van der Waals surface area contributed by atoms with Crippen LogP contribution in [0.4, 0.5) is 0 Å². The smallest absolute Gasteiger partial charge is 0.550 e. The summed E-state index contributed by atoms with van der Waals surface area (Å²) in [7, 11) is 0. The van der Waals surface area contributed by atoms with Crippen molar-refractivity contribution in [2.45, 2.75) is 119 Å². The van der Waals surface area contributed by atoms with E-state index in [9.17, 15) is 29.7 Å². The van der Waals surface area contributed by atoms with Crippen LogP contribution in [0.25, 0.3) is 0 Å². The van der Waals surface area contributed by atoms with Crippen LogP contribution < -0.4 is 15.3 Å². The third kappa shape index (κ3) is 25.2. The molecule has 186 valence electrons. The van der Waals surface area contributed by atoms with E-state index in [1.165, 1.54) is 0 Å². The van der Waals surface area contributed by atoms with Crippen LogP contribution >= 0.6 is 0 Å². The second-order valence-corrected chi connectivity index (χ2v) is 7.70. The molecule has 6 nitrogen and oxygen atoms in total. The van der Waals surface area contributed by atoms with E-state index >= 15 is 0 Å². The molecule has 0 fully saturated rings. The van der Waals surface area contributed by atoms with Crippen LogP contribution in [-0.4, -0.2) is 17.9 Å². The third-order valence-corrected chi connectivity index (χ3v) is 5.20. The van der Waals surface area contributed by atoms with Crippen molar-refractivity contribution in [2.24, 2.45) is 17.8 Å². The maximum absolute atomic E-state index is 10.3. The number of rotatable bonds is 15. The van der Waals surface area contributed by atoms with Crippen molar-refractivity contribution in [1.82, 2.24) is 0 Å². The number of carboxylic acids is 3. The van der Waals surface area contributed by atoms with Gasteiger partial charge in [0.2, 0.25) is 0 Å². The maximum atomic E-state index is 10.3. The minimum atomic E-state index is -0.893. The van der Waals surface area contributed by atoms with Gasteiger partial charge in [0.1, 0.15) is 0 Å². The molecule has 0 aromatic heterocycles. The van der Waals surface area contributed by atoms with E-state index in [1.54, 1.807) is 0 Å². The zero-order valence-corrected chi connectivity index (χ0v) is 22.1. The van der Waals surface area contributed by atoms with Gasteiger partial charge in [0.15, 0.2) is 0 Å². The van der Waals surface area contributed by atoms with E-state index < -0.39 is 17.9 Å². The van der Waals surface area contributed by atoms with Gasteiger partial charge in [0.05, 0.1) is 0 Å². The molecule has 0 aromatic carbocycles. The molecule has 0 amide bonds. The third-order valence-electron chi connectivity index (χ3n) is 5.20. The van der Waals surface area contributed by atoms with Crippen LogP contribution in [0.1, 0.15) is 119 Å². The first-order chi connectivity index (χ1) is 14.2. The molecule has 0 saturated carbocycles. The summed E-state index contributed by atoms with van der Waals surface area (Å²) in [5.74, 6) is -3.34. The summed E-state index contributed by atoms with van der Waals surface area (Å²) in [5.41, 5.74) is 0. The average molecular weight is 533 g/mol. The first-order valence-corrected chi connectivity index (χ1v) is 11.8. The molecule has 0 aromatic rings. The fraction of sp³-hybridized carbons (Fsp3) is 0.875. The molecule has 0 aliphatic heterocycles. The van der Waals surface area contributed by atoms with E-state index in [-0.39, 0.29) is 37.2 Å². The summed E-state index contributed by atoms with van der Waals surface area (Å²) in [6, 6.07) is 0. The van der Waals surface area contributed by atoms with Crippen LogP contribution in [0, 0.1) is 17.8 Å². The van der Waals surface area contributed by atoms with Crippen molar-refractivity contribution in [2.75, 3.05) is 0 Å². The fourth-order valence-electron chi connectivity index (χ4n) is 2.82. The van der Waals surface area contributed by atoms with Crippen molar-refractivity contribution in [3.8, 4) is 0 Å². The molecule has 0 aliphatic carbocycles. The second-order valence-electron chi connectivity index (χ2n) is 7.70. The summed E-state index contributed by atoms with van der Waals surface area (Å²) in [6.07, 6.45) is 10.6. The minimum absolute atomic E-state index is 0. The minimum Gasteiger partial charge on any atom is -0.550 e. The summed E-state index contributed by atoms with van der Waals surface area (Å²) in [5, 5.41) is 31.0. The van der Waals surface area contributed by atoms with Crippen LogP contribution in [0.2, 0.25) is 0 Å². The molecule has 0 saturated heterocycles. The van der Waals surface area contributed by atoms with E-state index in [0.29, 0.717) is 19.3 Å². The first-order valence-electron chi connectivity index (χ1n) is 11.8. The normalized spacial score (nSPS) is 12.6. The predicted octanol–water partition coefficient (Wildman–Crippen LogP) is 2.86. The van der Waals surface area contributed by atoms with Gasteiger partial charge in [-0.3, -0.25) is 0 Å². The van der Waals surface area contributed by atoms with Gasteiger partial charge < -0.3 is 29.7 Å². The Balaban J connectivity index is -0.000000174. The molecule has 0 spiro atoms. The predicted molar refractivity (Wildman–Crippen MR) is 115 cm³/mol. The molecule has 0 rings (SSSR count). The van der Waals surface area contributed by atoms with Crippen LogP contribution in [-0.2, 0) is 33.9 Å². The second kappa shape index (κ2) is 27.1. The van der Waals surface area contributed by atoms with Crippen molar-refractivity contribution in [3.63, 3.8) is 0 Å². The van der Waals surface area contributed by atoms with E-state index in [0.717, 1.165) is 57.8 Å². The molecule has 0 aliphatic rings. The van der Waals surface area contributed by atoms with Gasteiger partial charge in [0, 0.05) is 17.9 Å². The van der Waals surface area contributed by atoms with Crippen molar-refractivity contribution < 1.29 is 49.2 Å². The van der Waals surface area contributed by atoms with Gasteiger partial charge >= 0.3 is 19.5 Å². The van der Waals surface area contributed by atoms with Gasteiger partial charge in [0.25, 0.3) is 0 Å². The molecule has 31 heavy (non-hydrogen) atoms. The number of hydrogen-bond donors (Lipinski definition) is 0. The van der Waals surface area contributed by atoms with Crippen LogP contribution in [0.15, 0.2) is 0 Å². The Labute approximate surface area is 203 Å². The number of unbranched alkanes of at least 4 members (excludes halogenated alkanes) is 3. The zero-order chi connectivity index (χ0) is 23.9. The number of carbonyl (C=O) groups excluding carboxylic acids is 3. The summed E-state index contributed by atoms with van der Waals surface area (Å²) >= 11 is 0. The molecule has 0 radical (unpaired) electrons. The van der Waals surface area contributed by atoms with Crippen molar-refractivity contribution >= 4 is 17.9 Å². The number of carboxylic acid groups (broad SMARTS) is 3. The van der Waals surface area contributed by atoms with Gasteiger partial charge in [-0.05, 0) is 56.3 Å². The average Bonchev–Trinajstić information content (AvgIpc) is 2.70. The zero-order valence-electron chi connectivity index (χ0n) is 20.5. The summed E-state index contributed by atoms with van der Waals surface area (Å²) in [6.45, 7) is 11.8. The van der Waals surface area contributed by atoms with E-state index in [4.69, 9.17) is 0 Å². The quantitative estimate of drug-likeness (QED) is 0.299. The van der Waals surface area contributed by atoms with Crippen molar-refractivity contribution in [3.05, 3.63) is 0 Å². The molecule has 0 bridgehead atoms. The molecular formula is C24H45O6Rh. The van der Waals surface area contributed by atoms with E-state index in [2.05, 4.69) is 20.8 Å². The number of hydrogen-bond acceptors (Lipinski definition) is 6. The Morgan fingerprint density at radius 2 is 0.710 bits per heavy atom. The van der Waals surface area contributed by atoms with Crippen molar-refractivity contribution in [1.29, 1.82) is 0 Å². The first kappa shape index (κ1) is 37.4. The molecular weight excluding hydrogens is 487 g/mol. The van der Waals surface area contributed by atoms with Gasteiger partial charge in [-0.2, -0.15) is 0 Å². The monoisotopic (exact) mass is 532 g/mol. The fourth-order valence-corrected chi connectivity index (χ4v) is 2.82. The Hall–Kier alpha value is -0.967. The topological polar surface area (TPSA) is 120 Å². The summed E-state index contributed by atoms with van der Waals surface area (Å²) in [4.78, 5) is 31.0. The van der Waals surface area contributed by atoms with Gasteiger partial charge in [-0.25, -0.2) is 0 Å². The molecule has 7 heteroatoms. The van der Waals surface area contributed by atoms with Gasteiger partial charge in [-0.1, -0.05) is 80.1 Å². The molecule has 3 unspecified atom stereocenters. The van der Waals surface area contributed by atoms with E-state index in [1.807, 2.05) is 20.8 Å². The largest absolute Gasteiger partial charge is 3.00 e. The van der Waals surface area contributed by atoms with Crippen LogP contribution in [0.5, 0.6) is 0 Å².